The van der Waals surface area contributed by atoms with Gasteiger partial charge < -0.3 is 16.0 Å². The van der Waals surface area contributed by atoms with Crippen molar-refractivity contribution in [2.24, 2.45) is 0 Å². The van der Waals surface area contributed by atoms with Crippen LogP contribution in [0.15, 0.2) is 29.2 Å². The van der Waals surface area contributed by atoms with E-state index in [0.717, 1.165) is 11.4 Å². The third-order valence-electron chi connectivity index (χ3n) is 2.60. The van der Waals surface area contributed by atoms with E-state index in [4.69, 9.17) is 0 Å². The molecule has 0 spiro atoms. The molecule has 0 aliphatic carbocycles. The van der Waals surface area contributed by atoms with E-state index in [9.17, 15) is 9.59 Å². The summed E-state index contributed by atoms with van der Waals surface area (Å²) in [6.45, 7) is 5.14. The van der Waals surface area contributed by atoms with Gasteiger partial charge in [0.15, 0.2) is 0 Å². The molecule has 5 nitrogen and oxygen atoms in total. The largest absolute Gasteiger partial charge is 0.353 e. The molecule has 1 aromatic carbocycles. The van der Waals surface area contributed by atoms with Crippen LogP contribution in [0.1, 0.15) is 24.2 Å². The van der Waals surface area contributed by atoms with Gasteiger partial charge in [0.2, 0.25) is 5.91 Å². The minimum Gasteiger partial charge on any atom is -0.353 e. The monoisotopic (exact) mass is 345 g/mol. The molecule has 0 aliphatic heterocycles. The highest BCUT2D eigenvalue weighted by Crippen LogP contribution is 2.22. The van der Waals surface area contributed by atoms with Gasteiger partial charge in [0.05, 0.1) is 11.3 Å². The fraction of sp³-hybridized carbons (Fsp3) is 0.467. The van der Waals surface area contributed by atoms with Crippen molar-refractivity contribution in [3.63, 3.8) is 0 Å². The van der Waals surface area contributed by atoms with Crippen molar-refractivity contribution in [2.45, 2.75) is 24.8 Å². The first-order valence-electron chi connectivity index (χ1n) is 6.98. The average molecular weight is 346 g/mol. The van der Waals surface area contributed by atoms with E-state index in [1.807, 2.05) is 39.1 Å². The fourth-order valence-electron chi connectivity index (χ4n) is 1.68. The number of nitrogens with one attached hydrogen (secondary N) is 3. The van der Waals surface area contributed by atoms with Crippen molar-refractivity contribution in [3.05, 3.63) is 29.8 Å². The van der Waals surface area contributed by atoms with E-state index < -0.39 is 0 Å². The minimum atomic E-state index is -0.113. The van der Waals surface area contributed by atoms with Crippen molar-refractivity contribution in [1.82, 2.24) is 16.0 Å². The van der Waals surface area contributed by atoms with Crippen LogP contribution in [0.5, 0.6) is 0 Å². The molecule has 0 heterocycles. The predicted octanol–water partition coefficient (Wildman–Crippen LogP) is 1.67. The number of amides is 2. The average Bonchev–Trinajstić information content (AvgIpc) is 2.45. The minimum absolute atomic E-state index is 0. The highest BCUT2D eigenvalue weighted by atomic mass is 35.5. The molecule has 7 heteroatoms. The van der Waals surface area contributed by atoms with Crippen LogP contribution in [0, 0.1) is 0 Å². The highest BCUT2D eigenvalue weighted by molar-refractivity contribution is 8.00. The van der Waals surface area contributed by atoms with Crippen molar-refractivity contribution < 1.29 is 9.59 Å². The third-order valence-corrected chi connectivity index (χ3v) is 3.67. The molecule has 0 saturated heterocycles. The zero-order valence-electron chi connectivity index (χ0n) is 13.1. The molecular formula is C15H24ClN3O2S. The molecule has 0 unspecified atom stereocenters. The molecule has 0 atom stereocenters. The lowest BCUT2D eigenvalue weighted by molar-refractivity contribution is -0.119. The number of likely N-dealkylation sites (N-methyl/N-ethyl adjacent to an activating group) is 1. The molecule has 22 heavy (non-hydrogen) atoms. The molecule has 3 N–H and O–H groups in total. The molecule has 2 amide bonds. The summed E-state index contributed by atoms with van der Waals surface area (Å²) in [4.78, 5) is 24.6. The SMILES string of the molecule is CNCCNC(=O)c1ccccc1SCC(=O)NC(C)C.Cl. The van der Waals surface area contributed by atoms with Gasteiger partial charge in [-0.15, -0.1) is 24.2 Å². The lowest BCUT2D eigenvalue weighted by atomic mass is 10.2. The van der Waals surface area contributed by atoms with Gasteiger partial charge >= 0.3 is 0 Å². The molecule has 0 bridgehead atoms. The molecule has 0 aromatic heterocycles. The topological polar surface area (TPSA) is 70.2 Å². The number of benzene rings is 1. The van der Waals surface area contributed by atoms with E-state index in [0.29, 0.717) is 17.9 Å². The number of halogens is 1. The zero-order valence-corrected chi connectivity index (χ0v) is 14.8. The Morgan fingerprint density at radius 2 is 1.86 bits per heavy atom. The van der Waals surface area contributed by atoms with Gasteiger partial charge in [-0.05, 0) is 33.0 Å². The molecular weight excluding hydrogens is 322 g/mol. The Hall–Kier alpha value is -1.24. The number of rotatable bonds is 8. The van der Waals surface area contributed by atoms with Crippen LogP contribution in [-0.4, -0.2) is 43.7 Å². The maximum Gasteiger partial charge on any atom is 0.252 e. The first-order chi connectivity index (χ1) is 10.0. The van der Waals surface area contributed by atoms with Crippen molar-refractivity contribution in [1.29, 1.82) is 0 Å². The van der Waals surface area contributed by atoms with Gasteiger partial charge in [-0.1, -0.05) is 12.1 Å². The van der Waals surface area contributed by atoms with Gasteiger partial charge in [0.25, 0.3) is 5.91 Å². The van der Waals surface area contributed by atoms with E-state index >= 15 is 0 Å². The van der Waals surface area contributed by atoms with Gasteiger partial charge in [0, 0.05) is 24.0 Å². The molecule has 1 aromatic rings. The summed E-state index contributed by atoms with van der Waals surface area (Å²) in [5.74, 6) is 0.164. The smallest absolute Gasteiger partial charge is 0.252 e. The lowest BCUT2D eigenvalue weighted by Gasteiger charge is -2.11. The third kappa shape index (κ3) is 7.68. The molecule has 0 aliphatic rings. The van der Waals surface area contributed by atoms with Crippen molar-refractivity contribution in [2.75, 3.05) is 25.9 Å². The number of hydrogen-bond donors (Lipinski definition) is 3. The van der Waals surface area contributed by atoms with Crippen LogP contribution in [-0.2, 0) is 4.79 Å². The number of hydrogen-bond acceptors (Lipinski definition) is 4. The van der Waals surface area contributed by atoms with Crippen molar-refractivity contribution >= 4 is 36.0 Å². The second-order valence-corrected chi connectivity index (χ2v) is 5.88. The first-order valence-corrected chi connectivity index (χ1v) is 7.97. The summed E-state index contributed by atoms with van der Waals surface area (Å²) in [5, 5.41) is 8.65. The van der Waals surface area contributed by atoms with Crippen LogP contribution in [0.3, 0.4) is 0 Å². The normalized spacial score (nSPS) is 10.0. The first kappa shape index (κ1) is 20.8. The Labute approximate surface area is 142 Å². The Morgan fingerprint density at radius 3 is 2.50 bits per heavy atom. The maximum atomic E-state index is 12.1. The van der Waals surface area contributed by atoms with Gasteiger partial charge in [-0.25, -0.2) is 0 Å². The highest BCUT2D eigenvalue weighted by Gasteiger charge is 2.12. The van der Waals surface area contributed by atoms with Gasteiger partial charge in [0.1, 0.15) is 0 Å². The van der Waals surface area contributed by atoms with Crippen LogP contribution in [0.4, 0.5) is 0 Å². The quantitative estimate of drug-likeness (QED) is 0.495. The number of carbonyl (C=O) groups is 2. The fourth-order valence-corrected chi connectivity index (χ4v) is 2.54. The molecule has 0 fully saturated rings. The Balaban J connectivity index is 0.00000441. The maximum absolute atomic E-state index is 12.1. The summed E-state index contributed by atoms with van der Waals surface area (Å²) in [5.41, 5.74) is 0.607. The summed E-state index contributed by atoms with van der Waals surface area (Å²) in [6.07, 6.45) is 0. The lowest BCUT2D eigenvalue weighted by Crippen LogP contribution is -2.32. The molecule has 1 rings (SSSR count). The molecule has 124 valence electrons. The number of carbonyl (C=O) groups excluding carboxylic acids is 2. The Kier molecular flexibility index (Phi) is 10.7. The Bertz CT molecular complexity index is 484. The summed E-state index contributed by atoms with van der Waals surface area (Å²) in [7, 11) is 1.84. The Morgan fingerprint density at radius 1 is 1.18 bits per heavy atom. The summed E-state index contributed by atoms with van der Waals surface area (Å²) < 4.78 is 0. The standard InChI is InChI=1S/C15H23N3O2S.ClH/c1-11(2)18-14(19)10-21-13-7-5-4-6-12(13)15(20)17-9-8-16-3;/h4-7,11,16H,8-10H2,1-3H3,(H,17,20)(H,18,19);1H. The molecule has 0 radical (unpaired) electrons. The molecule has 0 saturated carbocycles. The second-order valence-electron chi connectivity index (χ2n) is 4.87. The van der Waals surface area contributed by atoms with E-state index in [1.54, 1.807) is 6.07 Å². The van der Waals surface area contributed by atoms with Crippen LogP contribution in [0.25, 0.3) is 0 Å². The number of thioether (sulfide) groups is 1. The summed E-state index contributed by atoms with van der Waals surface area (Å²) >= 11 is 1.38. The van der Waals surface area contributed by atoms with E-state index in [1.165, 1.54) is 11.8 Å². The van der Waals surface area contributed by atoms with Crippen LogP contribution >= 0.6 is 24.2 Å². The van der Waals surface area contributed by atoms with E-state index in [-0.39, 0.29) is 30.3 Å². The predicted molar refractivity (Wildman–Crippen MR) is 94.0 cm³/mol. The van der Waals surface area contributed by atoms with Crippen LogP contribution < -0.4 is 16.0 Å². The van der Waals surface area contributed by atoms with E-state index in [2.05, 4.69) is 16.0 Å². The van der Waals surface area contributed by atoms with Gasteiger partial charge in [-0.3, -0.25) is 9.59 Å². The van der Waals surface area contributed by atoms with Crippen LogP contribution in [0.2, 0.25) is 0 Å². The van der Waals surface area contributed by atoms with Gasteiger partial charge in [-0.2, -0.15) is 0 Å². The second kappa shape index (κ2) is 11.3. The summed E-state index contributed by atoms with van der Waals surface area (Å²) in [6, 6.07) is 7.45. The van der Waals surface area contributed by atoms with Crippen molar-refractivity contribution in [3.8, 4) is 0 Å². The zero-order chi connectivity index (χ0) is 15.7.